The maximum absolute atomic E-state index is 12.0. The Kier molecular flexibility index (Phi) is 3.78. The van der Waals surface area contributed by atoms with Gasteiger partial charge in [-0.2, -0.15) is 5.26 Å². The number of carbonyl (C=O) groups excluding carboxylic acids is 1. The third-order valence-electron chi connectivity index (χ3n) is 2.32. The van der Waals surface area contributed by atoms with Crippen molar-refractivity contribution in [2.75, 3.05) is 13.6 Å². The molecule has 0 radical (unpaired) electrons. The fraction of sp³-hybridized carbons (Fsp3) is 0.273. The summed E-state index contributed by atoms with van der Waals surface area (Å²) < 4.78 is 0. The summed E-state index contributed by atoms with van der Waals surface area (Å²) in [5.41, 5.74) is 0.323. The van der Waals surface area contributed by atoms with Crippen LogP contribution in [0.5, 0.6) is 0 Å². The standard InChI is InChI=1S/C11H11N3O3/c1-8-4-3-5-9(14(16)17)10(8)11(15)13(2)7-6-12/h3-5H,7H2,1-2H3. The van der Waals surface area contributed by atoms with Crippen LogP contribution >= 0.6 is 0 Å². The van der Waals surface area contributed by atoms with E-state index < -0.39 is 10.8 Å². The second-order valence-corrected chi connectivity index (χ2v) is 3.55. The van der Waals surface area contributed by atoms with Crippen LogP contribution in [0.1, 0.15) is 15.9 Å². The monoisotopic (exact) mass is 233 g/mol. The molecular weight excluding hydrogens is 222 g/mol. The Balaban J connectivity index is 3.26. The van der Waals surface area contributed by atoms with Gasteiger partial charge in [0.25, 0.3) is 11.6 Å². The third-order valence-corrected chi connectivity index (χ3v) is 2.32. The van der Waals surface area contributed by atoms with E-state index in [9.17, 15) is 14.9 Å². The molecule has 1 aromatic rings. The molecule has 0 heterocycles. The molecule has 0 aromatic heterocycles. The van der Waals surface area contributed by atoms with Gasteiger partial charge in [-0.1, -0.05) is 12.1 Å². The maximum Gasteiger partial charge on any atom is 0.282 e. The highest BCUT2D eigenvalue weighted by Gasteiger charge is 2.24. The molecular formula is C11H11N3O3. The Bertz CT molecular complexity index is 505. The van der Waals surface area contributed by atoms with Crippen LogP contribution in [-0.4, -0.2) is 29.3 Å². The van der Waals surface area contributed by atoms with E-state index in [4.69, 9.17) is 5.26 Å². The summed E-state index contributed by atoms with van der Waals surface area (Å²) in [6.45, 7) is 1.52. The summed E-state index contributed by atoms with van der Waals surface area (Å²) >= 11 is 0. The number of nitrogens with zero attached hydrogens (tertiary/aromatic N) is 3. The van der Waals surface area contributed by atoms with Crippen LogP contribution in [0.3, 0.4) is 0 Å². The number of aryl methyl sites for hydroxylation is 1. The Labute approximate surface area is 98.2 Å². The molecule has 0 spiro atoms. The number of nitriles is 1. The molecule has 0 unspecified atom stereocenters. The lowest BCUT2D eigenvalue weighted by Crippen LogP contribution is -2.28. The smallest absolute Gasteiger partial charge is 0.282 e. The molecule has 17 heavy (non-hydrogen) atoms. The van der Waals surface area contributed by atoms with Gasteiger partial charge in [0.1, 0.15) is 12.1 Å². The van der Waals surface area contributed by atoms with Crippen molar-refractivity contribution in [3.8, 4) is 6.07 Å². The highest BCUT2D eigenvalue weighted by molar-refractivity contribution is 5.99. The minimum atomic E-state index is -0.597. The van der Waals surface area contributed by atoms with Crippen molar-refractivity contribution >= 4 is 11.6 Å². The van der Waals surface area contributed by atoms with E-state index >= 15 is 0 Å². The number of hydrogen-bond donors (Lipinski definition) is 0. The predicted octanol–water partition coefficient (Wildman–Crippen LogP) is 1.50. The molecule has 0 saturated heterocycles. The summed E-state index contributed by atoms with van der Waals surface area (Å²) in [4.78, 5) is 23.3. The molecule has 6 nitrogen and oxygen atoms in total. The fourth-order valence-corrected chi connectivity index (χ4v) is 1.45. The molecule has 1 rings (SSSR count). The number of benzene rings is 1. The molecule has 1 amide bonds. The van der Waals surface area contributed by atoms with Crippen LogP contribution in [0.25, 0.3) is 0 Å². The van der Waals surface area contributed by atoms with Gasteiger partial charge in [0, 0.05) is 13.1 Å². The number of nitro groups is 1. The van der Waals surface area contributed by atoms with E-state index in [-0.39, 0.29) is 17.8 Å². The number of nitro benzene ring substituents is 1. The highest BCUT2D eigenvalue weighted by Crippen LogP contribution is 2.22. The van der Waals surface area contributed by atoms with Crippen molar-refractivity contribution in [3.05, 3.63) is 39.4 Å². The van der Waals surface area contributed by atoms with Crippen molar-refractivity contribution in [2.45, 2.75) is 6.92 Å². The fourth-order valence-electron chi connectivity index (χ4n) is 1.45. The molecule has 0 aliphatic rings. The van der Waals surface area contributed by atoms with Crippen LogP contribution < -0.4 is 0 Å². The van der Waals surface area contributed by atoms with Gasteiger partial charge in [-0.3, -0.25) is 14.9 Å². The first-order valence-corrected chi connectivity index (χ1v) is 4.85. The van der Waals surface area contributed by atoms with Gasteiger partial charge in [0.05, 0.1) is 11.0 Å². The second kappa shape index (κ2) is 5.07. The molecule has 0 N–H and O–H groups in total. The molecule has 0 atom stereocenters. The first kappa shape index (κ1) is 12.6. The average Bonchev–Trinajstić information content (AvgIpc) is 2.28. The zero-order valence-corrected chi connectivity index (χ0v) is 9.51. The number of carbonyl (C=O) groups is 1. The van der Waals surface area contributed by atoms with Gasteiger partial charge in [-0.25, -0.2) is 0 Å². The normalized spacial score (nSPS) is 9.47. The summed E-state index contributed by atoms with van der Waals surface area (Å²) in [6, 6.07) is 6.25. The van der Waals surface area contributed by atoms with E-state index in [1.807, 2.05) is 6.07 Å². The van der Waals surface area contributed by atoms with Crippen LogP contribution in [0, 0.1) is 28.4 Å². The summed E-state index contributed by atoms with van der Waals surface area (Å²) in [5, 5.41) is 19.3. The Morgan fingerprint density at radius 2 is 2.24 bits per heavy atom. The Morgan fingerprint density at radius 3 is 2.76 bits per heavy atom. The first-order valence-electron chi connectivity index (χ1n) is 4.85. The lowest BCUT2D eigenvalue weighted by atomic mass is 10.1. The number of hydrogen-bond acceptors (Lipinski definition) is 4. The number of rotatable bonds is 3. The van der Waals surface area contributed by atoms with E-state index in [1.54, 1.807) is 13.0 Å². The summed E-state index contributed by atoms with van der Waals surface area (Å²) in [6.07, 6.45) is 0. The second-order valence-electron chi connectivity index (χ2n) is 3.55. The zero-order valence-electron chi connectivity index (χ0n) is 9.51. The SMILES string of the molecule is Cc1cccc([N+](=O)[O-])c1C(=O)N(C)CC#N. The molecule has 0 aliphatic heterocycles. The van der Waals surface area contributed by atoms with E-state index in [0.717, 1.165) is 4.90 Å². The predicted molar refractivity (Wildman–Crippen MR) is 60.4 cm³/mol. The van der Waals surface area contributed by atoms with E-state index in [0.29, 0.717) is 5.56 Å². The molecule has 0 aliphatic carbocycles. The van der Waals surface area contributed by atoms with Gasteiger partial charge in [-0.05, 0) is 12.5 Å². The first-order chi connectivity index (χ1) is 7.99. The average molecular weight is 233 g/mol. The quantitative estimate of drug-likeness (QED) is 0.449. The lowest BCUT2D eigenvalue weighted by Gasteiger charge is -2.14. The van der Waals surface area contributed by atoms with Gasteiger partial charge < -0.3 is 4.90 Å². The molecule has 88 valence electrons. The zero-order chi connectivity index (χ0) is 13.0. The van der Waals surface area contributed by atoms with Gasteiger partial charge in [0.15, 0.2) is 0 Å². The van der Waals surface area contributed by atoms with Crippen LogP contribution in [0.4, 0.5) is 5.69 Å². The summed E-state index contributed by atoms with van der Waals surface area (Å²) in [5.74, 6) is -0.517. The Morgan fingerprint density at radius 1 is 1.59 bits per heavy atom. The minimum Gasteiger partial charge on any atom is -0.328 e. The van der Waals surface area contributed by atoms with Crippen LogP contribution in [0.15, 0.2) is 18.2 Å². The molecule has 6 heteroatoms. The van der Waals surface area contributed by atoms with Gasteiger partial charge >= 0.3 is 0 Å². The molecule has 1 aromatic carbocycles. The largest absolute Gasteiger partial charge is 0.328 e. The van der Waals surface area contributed by atoms with Crippen molar-refractivity contribution in [2.24, 2.45) is 0 Å². The topological polar surface area (TPSA) is 87.2 Å². The van der Waals surface area contributed by atoms with Crippen molar-refractivity contribution < 1.29 is 9.72 Å². The maximum atomic E-state index is 12.0. The van der Waals surface area contributed by atoms with Crippen molar-refractivity contribution in [1.29, 1.82) is 5.26 Å². The molecule has 0 bridgehead atoms. The van der Waals surface area contributed by atoms with Crippen LogP contribution in [-0.2, 0) is 0 Å². The third kappa shape index (κ3) is 2.58. The molecule has 0 fully saturated rings. The number of amides is 1. The van der Waals surface area contributed by atoms with Gasteiger partial charge in [-0.15, -0.1) is 0 Å². The van der Waals surface area contributed by atoms with Crippen LogP contribution in [0.2, 0.25) is 0 Å². The Hall–Kier alpha value is -2.42. The van der Waals surface area contributed by atoms with Crippen molar-refractivity contribution in [1.82, 2.24) is 4.90 Å². The summed E-state index contributed by atoms with van der Waals surface area (Å²) in [7, 11) is 1.43. The van der Waals surface area contributed by atoms with Crippen molar-refractivity contribution in [3.63, 3.8) is 0 Å². The minimum absolute atomic E-state index is 0.0373. The highest BCUT2D eigenvalue weighted by atomic mass is 16.6. The van der Waals surface area contributed by atoms with E-state index in [1.165, 1.54) is 19.2 Å². The lowest BCUT2D eigenvalue weighted by molar-refractivity contribution is -0.385. The van der Waals surface area contributed by atoms with Gasteiger partial charge in [0.2, 0.25) is 0 Å². The molecule has 0 saturated carbocycles. The van der Waals surface area contributed by atoms with E-state index in [2.05, 4.69) is 0 Å².